The van der Waals surface area contributed by atoms with Gasteiger partial charge < -0.3 is 52.1 Å². The van der Waals surface area contributed by atoms with Crippen LogP contribution in [0.3, 0.4) is 0 Å². The minimum atomic E-state index is 0. The average Bonchev–Trinajstić information content (AvgIpc) is 3.34. The van der Waals surface area contributed by atoms with Gasteiger partial charge in [-0.1, -0.05) is 92.1 Å². The Bertz CT molecular complexity index is 1690. The van der Waals surface area contributed by atoms with E-state index in [0.717, 1.165) is 0 Å². The first-order valence-corrected chi connectivity index (χ1v) is 27.5. The number of ether oxygens (including phenoxy) is 11. The van der Waals surface area contributed by atoms with E-state index >= 15 is 0 Å². The van der Waals surface area contributed by atoms with Crippen molar-refractivity contribution < 1.29 is 52.1 Å². The van der Waals surface area contributed by atoms with Gasteiger partial charge in [-0.25, -0.2) is 0 Å². The maximum absolute atomic E-state index is 5.62. The third-order valence-electron chi connectivity index (χ3n) is 9.16. The summed E-state index contributed by atoms with van der Waals surface area (Å²) in [6.07, 6.45) is 2.74. The molecular weight excluding hydrogens is 957 g/mol. The first-order chi connectivity index (χ1) is 35.5. The number of rotatable bonds is 30. The van der Waals surface area contributed by atoms with Gasteiger partial charge in [-0.15, -0.1) is 0 Å². The molecule has 436 valence electrons. The minimum Gasteiger partial charge on any atom is -0.377 e. The predicted molar refractivity (Wildman–Crippen MR) is 318 cm³/mol. The molecule has 0 spiro atoms. The van der Waals surface area contributed by atoms with Crippen LogP contribution >= 0.6 is 0 Å². The van der Waals surface area contributed by atoms with Gasteiger partial charge in [0.15, 0.2) is 0 Å². The summed E-state index contributed by atoms with van der Waals surface area (Å²) in [6.45, 7) is 48.1. The number of hydrogen-bond acceptors (Lipinski definition) is 11. The van der Waals surface area contributed by atoms with Gasteiger partial charge >= 0.3 is 0 Å². The molecule has 0 aromatic heterocycles. The van der Waals surface area contributed by atoms with E-state index < -0.39 is 0 Å². The Kier molecular flexibility index (Phi) is 51.2. The molecule has 0 amide bonds. The standard InChI is InChI=1S/C20H26O2.C14H22O2.C12H18O2.C10H22O3.C8H18O2.CH4/c1-15(2)21-13-17-5-9-19(10-6-17)20-11-7-18(8-12-20)14-22-16(3)4;1-11(2)15-9-13-5-7-14(8-6-13)10-16-12(3)4;1-11(2)13-9-7-5-6-8-10-14-12(3)4;1-9(2)12-7-5-11-6-8-13-10(3)4;1-7(2)9-5-6-10-8(3)4;/h5-12,15-16H,13-14H2,1-4H3;5-8,11-12H,9-10H2,1-4H3;11-12H,9-10H2,1-4H3;9-10H,5-8H2,1-4H3;7-8H,5-6H2,1-4H3;1H4. The highest BCUT2D eigenvalue weighted by Crippen LogP contribution is 2.21. The Balaban J connectivity index is -0.000000897. The number of hydrogen-bond donors (Lipinski definition) is 0. The summed E-state index contributed by atoms with van der Waals surface area (Å²) in [7, 11) is 0. The maximum atomic E-state index is 5.62. The van der Waals surface area contributed by atoms with Gasteiger partial charge in [0.1, 0.15) is 13.2 Å². The van der Waals surface area contributed by atoms with Crippen LogP contribution in [0, 0.1) is 23.7 Å². The van der Waals surface area contributed by atoms with Crippen molar-refractivity contribution in [3.8, 4) is 34.8 Å². The van der Waals surface area contributed by atoms with E-state index in [0.29, 0.717) is 91.5 Å². The maximum Gasteiger partial charge on any atom is 0.109 e. The molecule has 3 rings (SSSR count). The van der Waals surface area contributed by atoms with Crippen LogP contribution in [0.25, 0.3) is 11.1 Å². The van der Waals surface area contributed by atoms with Crippen molar-refractivity contribution >= 4 is 0 Å². The lowest BCUT2D eigenvalue weighted by Gasteiger charge is -2.10. The quantitative estimate of drug-likeness (QED) is 0.0471. The fourth-order valence-corrected chi connectivity index (χ4v) is 5.30. The monoisotopic (exact) mass is 1070 g/mol. The summed E-state index contributed by atoms with van der Waals surface area (Å²) in [4.78, 5) is 0. The van der Waals surface area contributed by atoms with Crippen LogP contribution in [0.15, 0.2) is 72.8 Å². The highest BCUT2D eigenvalue weighted by Gasteiger charge is 2.03. The third kappa shape index (κ3) is 55.1. The third-order valence-corrected chi connectivity index (χ3v) is 9.16. The molecule has 0 N–H and O–H groups in total. The fourth-order valence-electron chi connectivity index (χ4n) is 5.30. The molecule has 0 bridgehead atoms. The van der Waals surface area contributed by atoms with E-state index in [1.807, 2.05) is 111 Å². The van der Waals surface area contributed by atoms with Crippen molar-refractivity contribution in [1.29, 1.82) is 0 Å². The SMILES string of the molecule is C.CC(C)OCC#CC#CCOC(C)C.CC(C)OCCOC(C)C.CC(C)OCCOCCOC(C)C.CC(C)OCc1ccc(-c2ccc(COC(C)C)cc2)cc1.CC(C)OCc1ccc(COC(C)C)cc1. The Morgan fingerprint density at radius 1 is 0.263 bits per heavy atom. The molecule has 3 aromatic rings. The molecule has 0 aliphatic carbocycles. The summed E-state index contributed by atoms with van der Waals surface area (Å²) in [5, 5.41) is 0. The molecule has 0 heterocycles. The van der Waals surface area contributed by atoms with Crippen molar-refractivity contribution in [3.05, 3.63) is 95.1 Å². The van der Waals surface area contributed by atoms with Gasteiger partial charge in [0, 0.05) is 0 Å². The molecule has 0 aliphatic rings. The molecule has 0 aliphatic heterocycles. The van der Waals surface area contributed by atoms with Crippen LogP contribution in [0.1, 0.15) is 168 Å². The second-order valence-corrected chi connectivity index (χ2v) is 20.3. The molecule has 11 heteroatoms. The molecule has 0 fully saturated rings. The van der Waals surface area contributed by atoms with Gasteiger partial charge in [0.25, 0.3) is 0 Å². The lowest BCUT2D eigenvalue weighted by atomic mass is 10.0. The van der Waals surface area contributed by atoms with Crippen molar-refractivity contribution in [3.63, 3.8) is 0 Å². The van der Waals surface area contributed by atoms with Gasteiger partial charge in [-0.3, -0.25) is 0 Å². The van der Waals surface area contributed by atoms with Crippen molar-refractivity contribution in [2.45, 2.75) is 233 Å². The lowest BCUT2D eigenvalue weighted by Crippen LogP contribution is -2.13. The molecule has 76 heavy (non-hydrogen) atoms. The Labute approximate surface area is 466 Å². The molecular formula is C65H110O11. The summed E-state index contributed by atoms with van der Waals surface area (Å²) in [6, 6.07) is 25.5. The van der Waals surface area contributed by atoms with Gasteiger partial charge in [0.2, 0.25) is 0 Å². The Hall–Kier alpha value is -3.66. The zero-order valence-electron chi connectivity index (χ0n) is 50.7. The van der Waals surface area contributed by atoms with E-state index in [1.54, 1.807) is 0 Å². The largest absolute Gasteiger partial charge is 0.377 e. The van der Waals surface area contributed by atoms with Crippen LogP contribution in [0.5, 0.6) is 0 Å². The summed E-state index contributed by atoms with van der Waals surface area (Å²) >= 11 is 0. The van der Waals surface area contributed by atoms with Crippen molar-refractivity contribution in [2.75, 3.05) is 52.9 Å². The highest BCUT2D eigenvalue weighted by molar-refractivity contribution is 5.63. The Morgan fingerprint density at radius 3 is 0.671 bits per heavy atom. The molecule has 11 nitrogen and oxygen atoms in total. The first kappa shape index (κ1) is 76.6. The normalized spacial score (nSPS) is 10.9. The van der Waals surface area contributed by atoms with Gasteiger partial charge in [0.05, 0.1) is 127 Å². The van der Waals surface area contributed by atoms with Crippen LogP contribution in [-0.2, 0) is 78.5 Å². The Morgan fingerprint density at radius 2 is 0.461 bits per heavy atom. The molecule has 3 aromatic carbocycles. The molecule has 0 atom stereocenters. The first-order valence-electron chi connectivity index (χ1n) is 27.5. The molecule has 0 saturated carbocycles. The fraction of sp³-hybridized carbons (Fsp3) is 0.662. The number of benzene rings is 3. The van der Waals surface area contributed by atoms with Crippen molar-refractivity contribution in [1.82, 2.24) is 0 Å². The minimum absolute atomic E-state index is 0. The lowest BCUT2D eigenvalue weighted by molar-refractivity contribution is -0.0125. The summed E-state index contributed by atoms with van der Waals surface area (Å²) in [5.41, 5.74) is 7.29. The van der Waals surface area contributed by atoms with E-state index in [9.17, 15) is 0 Å². The average molecular weight is 1070 g/mol. The van der Waals surface area contributed by atoms with Crippen molar-refractivity contribution in [2.24, 2.45) is 0 Å². The topological polar surface area (TPSA) is 102 Å². The highest BCUT2D eigenvalue weighted by atomic mass is 16.6. The van der Waals surface area contributed by atoms with E-state index in [-0.39, 0.29) is 56.3 Å². The second kappa shape index (κ2) is 50.8. The van der Waals surface area contributed by atoms with E-state index in [2.05, 4.69) is 124 Å². The van der Waals surface area contributed by atoms with Crippen LogP contribution in [0.4, 0.5) is 0 Å². The predicted octanol–water partition coefficient (Wildman–Crippen LogP) is 14.9. The van der Waals surface area contributed by atoms with Crippen LogP contribution in [-0.4, -0.2) is 114 Å². The summed E-state index contributed by atoms with van der Waals surface area (Å²) in [5.74, 6) is 11.0. The molecule has 0 unspecified atom stereocenters. The van der Waals surface area contributed by atoms with Gasteiger partial charge in [-0.05, 0) is 184 Å². The zero-order chi connectivity index (χ0) is 56.8. The second-order valence-electron chi connectivity index (χ2n) is 20.3. The van der Waals surface area contributed by atoms with Gasteiger partial charge in [-0.2, -0.15) is 0 Å². The molecule has 0 saturated heterocycles. The zero-order valence-corrected chi connectivity index (χ0v) is 50.7. The summed E-state index contributed by atoms with van der Waals surface area (Å²) < 4.78 is 59.2. The molecule has 0 radical (unpaired) electrons. The smallest absolute Gasteiger partial charge is 0.109 e. The van der Waals surface area contributed by atoms with Crippen LogP contribution < -0.4 is 0 Å². The van der Waals surface area contributed by atoms with E-state index in [4.69, 9.17) is 52.1 Å². The van der Waals surface area contributed by atoms with Crippen LogP contribution in [0.2, 0.25) is 0 Å². The van der Waals surface area contributed by atoms with E-state index in [1.165, 1.54) is 33.4 Å².